The standard InChI is InChI=1S/C18H20N2/c1-2-6-15-9-11-18(12-10-15)20-14-17(13-19)16-7-4-3-5-8-16/h3-5,7-12,17,20H,2,6,14H2,1H3. The summed E-state index contributed by atoms with van der Waals surface area (Å²) in [6.45, 7) is 2.82. The lowest BCUT2D eigenvalue weighted by Crippen LogP contribution is -2.11. The minimum Gasteiger partial charge on any atom is -0.383 e. The first-order valence-electron chi connectivity index (χ1n) is 7.11. The number of rotatable bonds is 6. The van der Waals surface area contributed by atoms with E-state index >= 15 is 0 Å². The molecule has 1 atom stereocenters. The Labute approximate surface area is 121 Å². The van der Waals surface area contributed by atoms with Crippen LogP contribution in [-0.4, -0.2) is 6.54 Å². The van der Waals surface area contributed by atoms with Crippen molar-refractivity contribution in [3.05, 3.63) is 65.7 Å². The van der Waals surface area contributed by atoms with Crippen molar-refractivity contribution in [1.82, 2.24) is 0 Å². The first-order valence-corrected chi connectivity index (χ1v) is 7.11. The number of nitrogens with zero attached hydrogens (tertiary/aromatic N) is 1. The molecule has 2 rings (SSSR count). The molecular weight excluding hydrogens is 244 g/mol. The van der Waals surface area contributed by atoms with E-state index in [4.69, 9.17) is 0 Å². The first kappa shape index (κ1) is 14.1. The minimum absolute atomic E-state index is 0.119. The Hall–Kier alpha value is -2.27. The van der Waals surface area contributed by atoms with Crippen LogP contribution >= 0.6 is 0 Å². The van der Waals surface area contributed by atoms with Gasteiger partial charge in [-0.25, -0.2) is 0 Å². The molecule has 20 heavy (non-hydrogen) atoms. The van der Waals surface area contributed by atoms with Gasteiger partial charge in [0.15, 0.2) is 0 Å². The van der Waals surface area contributed by atoms with Gasteiger partial charge in [-0.05, 0) is 29.7 Å². The molecule has 0 aromatic heterocycles. The minimum atomic E-state index is -0.119. The Morgan fingerprint density at radius 3 is 2.35 bits per heavy atom. The number of nitrogens with one attached hydrogen (secondary N) is 1. The maximum atomic E-state index is 9.28. The molecule has 0 aliphatic heterocycles. The molecule has 1 N–H and O–H groups in total. The van der Waals surface area contributed by atoms with Crippen LogP contribution in [-0.2, 0) is 6.42 Å². The summed E-state index contributed by atoms with van der Waals surface area (Å²) in [4.78, 5) is 0. The second-order valence-electron chi connectivity index (χ2n) is 4.92. The van der Waals surface area contributed by atoms with Gasteiger partial charge in [-0.1, -0.05) is 55.8 Å². The molecule has 0 aliphatic rings. The van der Waals surface area contributed by atoms with Crippen molar-refractivity contribution in [2.24, 2.45) is 0 Å². The van der Waals surface area contributed by atoms with Crippen molar-refractivity contribution >= 4 is 5.69 Å². The van der Waals surface area contributed by atoms with Gasteiger partial charge in [0, 0.05) is 12.2 Å². The maximum Gasteiger partial charge on any atom is 0.0885 e. The zero-order valence-corrected chi connectivity index (χ0v) is 11.8. The summed E-state index contributed by atoms with van der Waals surface area (Å²) < 4.78 is 0. The van der Waals surface area contributed by atoms with Gasteiger partial charge in [0.05, 0.1) is 12.0 Å². The monoisotopic (exact) mass is 264 g/mol. The Kier molecular flexibility index (Phi) is 5.20. The van der Waals surface area contributed by atoms with Gasteiger partial charge in [0.25, 0.3) is 0 Å². The highest BCUT2D eigenvalue weighted by molar-refractivity contribution is 5.45. The van der Waals surface area contributed by atoms with Crippen LogP contribution in [0.1, 0.15) is 30.4 Å². The molecule has 102 valence electrons. The van der Waals surface area contributed by atoms with Gasteiger partial charge < -0.3 is 5.32 Å². The molecule has 0 aliphatic carbocycles. The fourth-order valence-corrected chi connectivity index (χ4v) is 2.22. The van der Waals surface area contributed by atoms with E-state index in [0.29, 0.717) is 6.54 Å². The van der Waals surface area contributed by atoms with E-state index in [0.717, 1.165) is 24.1 Å². The molecule has 0 radical (unpaired) electrons. The van der Waals surface area contributed by atoms with Gasteiger partial charge in [0.2, 0.25) is 0 Å². The van der Waals surface area contributed by atoms with Crippen LogP contribution in [0.4, 0.5) is 5.69 Å². The second kappa shape index (κ2) is 7.35. The number of anilines is 1. The largest absolute Gasteiger partial charge is 0.383 e. The molecular formula is C18H20N2. The van der Waals surface area contributed by atoms with Crippen molar-refractivity contribution in [2.75, 3.05) is 11.9 Å². The lowest BCUT2D eigenvalue weighted by atomic mass is 10.0. The molecule has 0 heterocycles. The van der Waals surface area contributed by atoms with E-state index in [1.165, 1.54) is 5.56 Å². The van der Waals surface area contributed by atoms with Crippen molar-refractivity contribution in [1.29, 1.82) is 5.26 Å². The van der Waals surface area contributed by atoms with E-state index in [1.807, 2.05) is 30.3 Å². The number of benzene rings is 2. The highest BCUT2D eigenvalue weighted by Gasteiger charge is 2.09. The van der Waals surface area contributed by atoms with E-state index in [2.05, 4.69) is 42.6 Å². The van der Waals surface area contributed by atoms with Crippen LogP contribution in [0.25, 0.3) is 0 Å². The van der Waals surface area contributed by atoms with Gasteiger partial charge >= 0.3 is 0 Å². The van der Waals surface area contributed by atoms with E-state index in [9.17, 15) is 5.26 Å². The van der Waals surface area contributed by atoms with Crippen molar-refractivity contribution in [3.8, 4) is 6.07 Å². The van der Waals surface area contributed by atoms with Crippen LogP contribution < -0.4 is 5.32 Å². The maximum absolute atomic E-state index is 9.28. The fourth-order valence-electron chi connectivity index (χ4n) is 2.22. The van der Waals surface area contributed by atoms with E-state index < -0.39 is 0 Å². The molecule has 0 saturated carbocycles. The zero-order chi connectivity index (χ0) is 14.2. The van der Waals surface area contributed by atoms with Crippen LogP contribution in [0, 0.1) is 11.3 Å². The zero-order valence-electron chi connectivity index (χ0n) is 11.8. The third-order valence-corrected chi connectivity index (χ3v) is 3.36. The summed E-state index contributed by atoms with van der Waals surface area (Å²) in [5.41, 5.74) is 3.49. The van der Waals surface area contributed by atoms with Crippen molar-refractivity contribution < 1.29 is 0 Å². The lowest BCUT2D eigenvalue weighted by Gasteiger charge is -2.12. The number of hydrogen-bond donors (Lipinski definition) is 1. The summed E-state index contributed by atoms with van der Waals surface area (Å²) in [7, 11) is 0. The molecule has 2 aromatic rings. The quantitative estimate of drug-likeness (QED) is 0.841. The van der Waals surface area contributed by atoms with Crippen LogP contribution in [0.2, 0.25) is 0 Å². The van der Waals surface area contributed by atoms with Crippen LogP contribution in [0.3, 0.4) is 0 Å². The van der Waals surface area contributed by atoms with Crippen molar-refractivity contribution in [2.45, 2.75) is 25.7 Å². The Morgan fingerprint density at radius 1 is 1.05 bits per heavy atom. The van der Waals surface area contributed by atoms with Gasteiger partial charge in [0.1, 0.15) is 0 Å². The average molecular weight is 264 g/mol. The molecule has 1 unspecified atom stereocenters. The van der Waals surface area contributed by atoms with E-state index in [1.54, 1.807) is 0 Å². The van der Waals surface area contributed by atoms with E-state index in [-0.39, 0.29) is 5.92 Å². The third-order valence-electron chi connectivity index (χ3n) is 3.36. The molecule has 0 spiro atoms. The van der Waals surface area contributed by atoms with Gasteiger partial charge in [-0.2, -0.15) is 5.26 Å². The summed E-state index contributed by atoms with van der Waals surface area (Å²) in [5.74, 6) is -0.119. The third kappa shape index (κ3) is 3.86. The molecule has 0 saturated heterocycles. The highest BCUT2D eigenvalue weighted by Crippen LogP contribution is 2.17. The predicted octanol–water partition coefficient (Wildman–Crippen LogP) is 4.36. The topological polar surface area (TPSA) is 35.8 Å². The van der Waals surface area contributed by atoms with Gasteiger partial charge in [-0.3, -0.25) is 0 Å². The van der Waals surface area contributed by atoms with Crippen LogP contribution in [0.15, 0.2) is 54.6 Å². The van der Waals surface area contributed by atoms with Gasteiger partial charge in [-0.15, -0.1) is 0 Å². The normalized spacial score (nSPS) is 11.6. The molecule has 2 aromatic carbocycles. The summed E-state index contributed by atoms with van der Waals surface area (Å²) in [6.07, 6.45) is 2.28. The Balaban J connectivity index is 1.95. The lowest BCUT2D eigenvalue weighted by molar-refractivity contribution is 0.899. The smallest absolute Gasteiger partial charge is 0.0885 e. The van der Waals surface area contributed by atoms with Crippen molar-refractivity contribution in [3.63, 3.8) is 0 Å². The molecule has 2 nitrogen and oxygen atoms in total. The number of nitriles is 1. The number of hydrogen-bond acceptors (Lipinski definition) is 2. The molecule has 2 heteroatoms. The molecule has 0 bridgehead atoms. The molecule has 0 amide bonds. The predicted molar refractivity (Wildman–Crippen MR) is 83.7 cm³/mol. The van der Waals surface area contributed by atoms with Crippen LogP contribution in [0.5, 0.6) is 0 Å². The summed E-state index contributed by atoms with van der Waals surface area (Å²) >= 11 is 0. The summed E-state index contributed by atoms with van der Waals surface area (Å²) in [5, 5.41) is 12.6. The fraction of sp³-hybridized carbons (Fsp3) is 0.278. The molecule has 0 fully saturated rings. The second-order valence-corrected chi connectivity index (χ2v) is 4.92. The SMILES string of the molecule is CCCc1ccc(NCC(C#N)c2ccccc2)cc1. The first-order chi connectivity index (χ1) is 9.83. The summed E-state index contributed by atoms with van der Waals surface area (Å²) in [6, 6.07) is 20.7. The Bertz CT molecular complexity index is 552. The average Bonchev–Trinajstić information content (AvgIpc) is 2.51. The highest BCUT2D eigenvalue weighted by atomic mass is 14.9. The number of aryl methyl sites for hydroxylation is 1. The Morgan fingerprint density at radius 2 is 1.75 bits per heavy atom.